The Kier molecular flexibility index (Phi) is 4.74. The molecule has 2 heteroatoms. The average molecular weight is 338 g/mol. The van der Waals surface area contributed by atoms with Crippen LogP contribution in [-0.2, 0) is 17.4 Å². The van der Waals surface area contributed by atoms with Crippen LogP contribution in [0.1, 0.15) is 72.1 Å². The summed E-state index contributed by atoms with van der Waals surface area (Å²) in [5.74, 6) is 0.729. The molecule has 25 heavy (non-hydrogen) atoms. The van der Waals surface area contributed by atoms with E-state index in [-0.39, 0.29) is 11.0 Å². The van der Waals surface area contributed by atoms with Crippen molar-refractivity contribution in [2.45, 2.75) is 78.2 Å². The lowest BCUT2D eigenvalue weighted by Gasteiger charge is -2.21. The molecule has 2 nitrogen and oxygen atoms in total. The van der Waals surface area contributed by atoms with Crippen molar-refractivity contribution in [1.82, 2.24) is 4.98 Å². The predicted molar refractivity (Wildman–Crippen MR) is 105 cm³/mol. The van der Waals surface area contributed by atoms with Gasteiger partial charge in [0.05, 0.1) is 0 Å². The van der Waals surface area contributed by atoms with Gasteiger partial charge >= 0.3 is 0 Å². The summed E-state index contributed by atoms with van der Waals surface area (Å²) in [6.45, 7) is 13.7. The van der Waals surface area contributed by atoms with Gasteiger partial charge in [-0.05, 0) is 24.8 Å². The Morgan fingerprint density at radius 1 is 1.20 bits per heavy atom. The van der Waals surface area contributed by atoms with Crippen molar-refractivity contribution in [3.05, 3.63) is 47.9 Å². The zero-order valence-corrected chi connectivity index (χ0v) is 16.8. The third kappa shape index (κ3) is 3.23. The summed E-state index contributed by atoms with van der Waals surface area (Å²) in [4.78, 5) is 4.88. The van der Waals surface area contributed by atoms with Crippen LogP contribution in [0, 0.1) is 5.92 Å². The van der Waals surface area contributed by atoms with Crippen LogP contribution < -0.4 is 4.57 Å². The second-order valence-electron chi connectivity index (χ2n) is 8.75. The fourth-order valence-corrected chi connectivity index (χ4v) is 4.18. The lowest BCUT2D eigenvalue weighted by molar-refractivity contribution is -0.736. The van der Waals surface area contributed by atoms with E-state index in [0.29, 0.717) is 0 Å². The summed E-state index contributed by atoms with van der Waals surface area (Å²) >= 11 is 0. The lowest BCUT2D eigenvalue weighted by Crippen LogP contribution is -2.50. The molecule has 1 heterocycles. The van der Waals surface area contributed by atoms with E-state index >= 15 is 0 Å². The van der Waals surface area contributed by atoms with Gasteiger partial charge in [-0.3, -0.25) is 0 Å². The quantitative estimate of drug-likeness (QED) is 0.665. The second-order valence-corrected chi connectivity index (χ2v) is 8.75. The van der Waals surface area contributed by atoms with E-state index in [9.17, 15) is 0 Å². The van der Waals surface area contributed by atoms with Gasteiger partial charge in [-0.15, -0.1) is 0 Å². The molecule has 1 aliphatic carbocycles. The van der Waals surface area contributed by atoms with E-state index in [4.69, 9.17) is 4.98 Å². The first-order valence-electron chi connectivity index (χ1n) is 9.84. The largest absolute Gasteiger partial charge is 0.287 e. The van der Waals surface area contributed by atoms with E-state index < -0.39 is 0 Å². The highest BCUT2D eigenvalue weighted by Gasteiger charge is 2.57. The molecule has 2 unspecified atom stereocenters. The third-order valence-electron chi connectivity index (χ3n) is 5.87. The van der Waals surface area contributed by atoms with Gasteiger partial charge in [-0.2, -0.15) is 0 Å². The highest BCUT2D eigenvalue weighted by molar-refractivity contribution is 5.61. The molecule has 0 radical (unpaired) electrons. The molecule has 0 aliphatic heterocycles. The van der Waals surface area contributed by atoms with Gasteiger partial charge in [0.2, 0.25) is 0 Å². The minimum absolute atomic E-state index is 0.0576. The molecule has 1 aromatic carbocycles. The average Bonchev–Trinajstić information content (AvgIpc) is 3.24. The number of aryl methyl sites for hydroxylation is 1. The van der Waals surface area contributed by atoms with Gasteiger partial charge in [0.25, 0.3) is 6.33 Å². The van der Waals surface area contributed by atoms with Crippen molar-refractivity contribution in [2.24, 2.45) is 5.92 Å². The van der Waals surface area contributed by atoms with Crippen molar-refractivity contribution in [1.29, 1.82) is 0 Å². The van der Waals surface area contributed by atoms with Gasteiger partial charge in [0.15, 0.2) is 5.69 Å². The zero-order chi connectivity index (χ0) is 18.2. The van der Waals surface area contributed by atoms with E-state index in [1.54, 1.807) is 0 Å². The van der Waals surface area contributed by atoms with E-state index in [1.165, 1.54) is 41.8 Å². The molecule has 0 amide bonds. The second kappa shape index (κ2) is 6.55. The maximum atomic E-state index is 4.88. The van der Waals surface area contributed by atoms with Crippen LogP contribution in [0.5, 0.6) is 0 Å². The normalized spacial score (nSPS) is 22.9. The Bertz CT molecular complexity index is 757. The minimum Gasteiger partial charge on any atom is -0.224 e. The zero-order valence-electron chi connectivity index (χ0n) is 16.8. The molecular formula is C23H33N2+. The fraction of sp³-hybridized carbons (Fsp3) is 0.565. The highest BCUT2D eigenvalue weighted by Crippen LogP contribution is 2.50. The molecule has 1 saturated carbocycles. The van der Waals surface area contributed by atoms with Gasteiger partial charge in [0.1, 0.15) is 11.2 Å². The molecule has 2 atom stereocenters. The Labute approximate surface area is 153 Å². The molecule has 0 bridgehead atoms. The van der Waals surface area contributed by atoms with E-state index in [1.807, 2.05) is 0 Å². The first-order valence-corrected chi connectivity index (χ1v) is 9.84. The van der Waals surface area contributed by atoms with Crippen LogP contribution in [0.2, 0.25) is 0 Å². The summed E-state index contributed by atoms with van der Waals surface area (Å²) in [7, 11) is 0. The molecule has 0 N–H and O–H groups in total. The lowest BCUT2D eigenvalue weighted by atomic mass is 9.90. The maximum Gasteiger partial charge on any atom is 0.287 e. The number of nitrogens with zero attached hydrogens (tertiary/aromatic N) is 2. The molecule has 0 spiro atoms. The minimum atomic E-state index is 0.0576. The molecule has 1 fully saturated rings. The smallest absolute Gasteiger partial charge is 0.224 e. The van der Waals surface area contributed by atoms with Gasteiger partial charge in [0, 0.05) is 23.0 Å². The Hall–Kier alpha value is -1.70. The summed E-state index contributed by atoms with van der Waals surface area (Å²) in [5.41, 5.74) is 5.62. The van der Waals surface area contributed by atoms with Gasteiger partial charge < -0.3 is 0 Å². The number of rotatable bonds is 5. The number of hydrogen-bond acceptors (Lipinski definition) is 1. The first kappa shape index (κ1) is 18.1. The molecule has 134 valence electrons. The van der Waals surface area contributed by atoms with Gasteiger partial charge in [-0.1, -0.05) is 77.2 Å². The van der Waals surface area contributed by atoms with Crippen LogP contribution in [0.25, 0.3) is 11.3 Å². The molecule has 1 aromatic heterocycles. The van der Waals surface area contributed by atoms with Crippen molar-refractivity contribution in [3.63, 3.8) is 0 Å². The van der Waals surface area contributed by atoms with Crippen LogP contribution in [-0.4, -0.2) is 4.98 Å². The summed E-state index contributed by atoms with van der Waals surface area (Å²) in [6, 6.07) is 11.2. The number of hydrogen-bond donors (Lipinski definition) is 0. The molecule has 0 saturated heterocycles. The number of aromatic nitrogens is 2. The number of benzene rings is 1. The standard InChI is InChI=1S/C23H33N2/c1-7-13-23(15-17(23)3)25-16-24-21(22(4,5)6)14-20(25)19-12-10-9-11-18(19)8-2/h9-12,14,16-17H,7-8,13,15H2,1-6H3/q+1. The molecule has 3 rings (SSSR count). The van der Waals surface area contributed by atoms with Crippen molar-refractivity contribution in [2.75, 3.05) is 0 Å². The molecule has 1 aliphatic rings. The topological polar surface area (TPSA) is 16.8 Å². The van der Waals surface area contributed by atoms with Crippen LogP contribution in [0.15, 0.2) is 36.7 Å². The van der Waals surface area contributed by atoms with E-state index in [0.717, 1.165) is 12.3 Å². The Morgan fingerprint density at radius 2 is 1.88 bits per heavy atom. The van der Waals surface area contributed by atoms with Crippen LogP contribution in [0.3, 0.4) is 0 Å². The van der Waals surface area contributed by atoms with Gasteiger partial charge in [-0.25, -0.2) is 4.57 Å². The SMILES string of the molecule is CCCC1([n+]2cnc(C(C)(C)C)cc2-c2ccccc2CC)CC1C. The van der Waals surface area contributed by atoms with Crippen molar-refractivity contribution >= 4 is 0 Å². The van der Waals surface area contributed by atoms with Crippen molar-refractivity contribution in [3.8, 4) is 11.3 Å². The third-order valence-corrected chi connectivity index (χ3v) is 5.87. The molecular weight excluding hydrogens is 304 g/mol. The summed E-state index contributed by atoms with van der Waals surface area (Å²) < 4.78 is 2.50. The van der Waals surface area contributed by atoms with Crippen molar-refractivity contribution < 1.29 is 4.57 Å². The molecule has 2 aromatic rings. The summed E-state index contributed by atoms with van der Waals surface area (Å²) in [5, 5.41) is 0. The highest BCUT2D eigenvalue weighted by atomic mass is 15.1. The Morgan fingerprint density at radius 3 is 2.44 bits per heavy atom. The van der Waals surface area contributed by atoms with E-state index in [2.05, 4.69) is 82.8 Å². The van der Waals surface area contributed by atoms with Crippen LogP contribution >= 0.6 is 0 Å². The van der Waals surface area contributed by atoms with Crippen LogP contribution in [0.4, 0.5) is 0 Å². The first-order chi connectivity index (χ1) is 11.8. The Balaban J connectivity index is 2.23. The maximum absolute atomic E-state index is 4.88. The fourth-order valence-electron chi connectivity index (χ4n) is 4.18. The monoisotopic (exact) mass is 337 g/mol. The predicted octanol–water partition coefficient (Wildman–Crippen LogP) is 5.43. The summed E-state index contributed by atoms with van der Waals surface area (Å²) in [6.07, 6.45) is 6.90.